The Morgan fingerprint density at radius 1 is 1.00 bits per heavy atom. The fraction of sp³-hybridized carbons (Fsp3) is 0.261. The maximum atomic E-state index is 11.0. The van der Waals surface area contributed by atoms with E-state index >= 15 is 0 Å². The molecule has 1 aliphatic heterocycles. The summed E-state index contributed by atoms with van der Waals surface area (Å²) in [5, 5.41) is 4.36. The normalized spacial score (nSPS) is 18.9. The van der Waals surface area contributed by atoms with E-state index in [9.17, 15) is 13.0 Å². The molecule has 8 heteroatoms. The van der Waals surface area contributed by atoms with Crippen LogP contribution in [0.15, 0.2) is 81.4 Å². The van der Waals surface area contributed by atoms with E-state index in [1.54, 1.807) is 0 Å². The fourth-order valence-electron chi connectivity index (χ4n) is 3.80. The highest BCUT2D eigenvalue weighted by atomic mass is 32.2. The third-order valence-electron chi connectivity index (χ3n) is 5.30. The zero-order valence-corrected chi connectivity index (χ0v) is 17.8. The van der Waals surface area contributed by atoms with E-state index in [1.165, 1.54) is 41.1 Å². The van der Waals surface area contributed by atoms with E-state index in [2.05, 4.69) is 33.6 Å². The van der Waals surface area contributed by atoms with Crippen molar-refractivity contribution in [3.63, 3.8) is 0 Å². The number of nitrogens with zero attached hydrogens (tertiary/aromatic N) is 2. The number of hydrogen-bond donors (Lipinski definition) is 1. The SMILES string of the molecule is O=S(=O)([O-])c1ccc(N/N=C\C2=C(N3CCOCC3)C(=C\c3ccccc3)/CC2)cc1. The van der Waals surface area contributed by atoms with Crippen molar-refractivity contribution in [1.82, 2.24) is 4.90 Å². The fourth-order valence-corrected chi connectivity index (χ4v) is 4.27. The highest BCUT2D eigenvalue weighted by Crippen LogP contribution is 2.35. The highest BCUT2D eigenvalue weighted by Gasteiger charge is 2.25. The summed E-state index contributed by atoms with van der Waals surface area (Å²) >= 11 is 0. The van der Waals surface area contributed by atoms with Gasteiger partial charge in [-0.25, -0.2) is 8.42 Å². The number of anilines is 1. The van der Waals surface area contributed by atoms with Crippen LogP contribution < -0.4 is 5.43 Å². The summed E-state index contributed by atoms with van der Waals surface area (Å²) < 4.78 is 38.7. The molecule has 0 unspecified atom stereocenters. The molecule has 0 atom stereocenters. The van der Waals surface area contributed by atoms with Crippen LogP contribution in [0.1, 0.15) is 18.4 Å². The van der Waals surface area contributed by atoms with E-state index in [1.807, 2.05) is 24.4 Å². The molecule has 2 aliphatic rings. The lowest BCUT2D eigenvalue weighted by molar-refractivity contribution is 0.0548. The Balaban J connectivity index is 1.56. The first kappa shape index (κ1) is 21.3. The van der Waals surface area contributed by atoms with Gasteiger partial charge in [0.25, 0.3) is 0 Å². The second-order valence-corrected chi connectivity index (χ2v) is 8.78. The number of morpholine rings is 1. The van der Waals surface area contributed by atoms with Crippen molar-refractivity contribution >= 4 is 28.1 Å². The molecular weight excluding hydrogens is 414 g/mol. The minimum atomic E-state index is -4.45. The van der Waals surface area contributed by atoms with Crippen LogP contribution in [0.5, 0.6) is 0 Å². The molecule has 1 aliphatic carbocycles. The van der Waals surface area contributed by atoms with Crippen LogP contribution in [-0.2, 0) is 14.9 Å². The van der Waals surface area contributed by atoms with E-state index in [0.717, 1.165) is 31.5 Å². The molecule has 1 N–H and O–H groups in total. The number of ether oxygens (including phenoxy) is 1. The average Bonchev–Trinajstić information content (AvgIpc) is 3.17. The lowest BCUT2D eigenvalue weighted by Crippen LogP contribution is -2.36. The van der Waals surface area contributed by atoms with Crippen molar-refractivity contribution in [2.45, 2.75) is 17.7 Å². The molecule has 2 aromatic rings. The number of hydrazone groups is 1. The molecule has 0 aromatic heterocycles. The molecule has 0 amide bonds. The Labute approximate surface area is 182 Å². The Kier molecular flexibility index (Phi) is 6.50. The number of hydrogen-bond acceptors (Lipinski definition) is 7. The Morgan fingerprint density at radius 3 is 2.39 bits per heavy atom. The molecule has 0 spiro atoms. The zero-order chi connectivity index (χ0) is 21.7. The maximum Gasteiger partial charge on any atom is 0.124 e. The van der Waals surface area contributed by atoms with Gasteiger partial charge in [-0.2, -0.15) is 5.10 Å². The van der Waals surface area contributed by atoms with Gasteiger partial charge >= 0.3 is 0 Å². The molecule has 1 fully saturated rings. The molecule has 0 saturated carbocycles. The van der Waals surface area contributed by atoms with Gasteiger partial charge in [-0.15, -0.1) is 0 Å². The summed E-state index contributed by atoms with van der Waals surface area (Å²) in [6, 6.07) is 15.9. The molecular formula is C23H24N3O4S-. The highest BCUT2D eigenvalue weighted by molar-refractivity contribution is 7.85. The predicted molar refractivity (Wildman–Crippen MR) is 120 cm³/mol. The van der Waals surface area contributed by atoms with Crippen molar-refractivity contribution < 1.29 is 17.7 Å². The van der Waals surface area contributed by atoms with Crippen LogP contribution in [0.25, 0.3) is 6.08 Å². The first-order chi connectivity index (χ1) is 15.0. The Bertz CT molecular complexity index is 1100. The minimum Gasteiger partial charge on any atom is -0.744 e. The molecule has 1 heterocycles. The first-order valence-corrected chi connectivity index (χ1v) is 11.6. The molecule has 0 radical (unpaired) electrons. The van der Waals surface area contributed by atoms with Crippen molar-refractivity contribution in [2.24, 2.45) is 5.10 Å². The van der Waals surface area contributed by atoms with E-state index in [-0.39, 0.29) is 4.90 Å². The predicted octanol–water partition coefficient (Wildman–Crippen LogP) is 3.45. The Morgan fingerprint density at radius 2 is 1.71 bits per heavy atom. The van der Waals surface area contributed by atoms with Gasteiger partial charge in [-0.3, -0.25) is 5.43 Å². The van der Waals surface area contributed by atoms with E-state index in [4.69, 9.17) is 4.74 Å². The van der Waals surface area contributed by atoms with Gasteiger partial charge < -0.3 is 14.2 Å². The smallest absolute Gasteiger partial charge is 0.124 e. The van der Waals surface area contributed by atoms with Crippen LogP contribution in [0, 0.1) is 0 Å². The van der Waals surface area contributed by atoms with Gasteiger partial charge in [-0.05, 0) is 59.9 Å². The third kappa shape index (κ3) is 5.41. The topological polar surface area (TPSA) is 94.1 Å². The Hall–Kier alpha value is -2.94. The van der Waals surface area contributed by atoms with Gasteiger partial charge in [0.2, 0.25) is 0 Å². The number of rotatable bonds is 6. The lowest BCUT2D eigenvalue weighted by Gasteiger charge is -2.31. The monoisotopic (exact) mass is 438 g/mol. The van der Waals surface area contributed by atoms with Crippen LogP contribution in [0.3, 0.4) is 0 Å². The van der Waals surface area contributed by atoms with Crippen LogP contribution in [0.2, 0.25) is 0 Å². The van der Waals surface area contributed by atoms with E-state index < -0.39 is 10.1 Å². The molecule has 1 saturated heterocycles. The summed E-state index contributed by atoms with van der Waals surface area (Å²) in [6.07, 6.45) is 5.90. The molecule has 2 aromatic carbocycles. The summed E-state index contributed by atoms with van der Waals surface area (Å²) in [7, 11) is -4.45. The number of nitrogens with one attached hydrogen (secondary N) is 1. The van der Waals surface area contributed by atoms with Crippen molar-refractivity contribution in [2.75, 3.05) is 31.7 Å². The molecule has 162 valence electrons. The van der Waals surface area contributed by atoms with Gasteiger partial charge in [0.1, 0.15) is 10.1 Å². The number of benzene rings is 2. The number of allylic oxidation sites excluding steroid dienone is 2. The van der Waals surface area contributed by atoms with Crippen molar-refractivity contribution in [3.05, 3.63) is 77.0 Å². The van der Waals surface area contributed by atoms with Crippen molar-refractivity contribution in [1.29, 1.82) is 0 Å². The summed E-state index contributed by atoms with van der Waals surface area (Å²) in [4.78, 5) is 2.10. The first-order valence-electron chi connectivity index (χ1n) is 10.2. The summed E-state index contributed by atoms with van der Waals surface area (Å²) in [6.45, 7) is 3.11. The zero-order valence-electron chi connectivity index (χ0n) is 17.0. The van der Waals surface area contributed by atoms with Gasteiger partial charge in [0, 0.05) is 18.8 Å². The lowest BCUT2D eigenvalue weighted by atomic mass is 10.1. The maximum absolute atomic E-state index is 11.0. The summed E-state index contributed by atoms with van der Waals surface area (Å²) in [5.41, 5.74) is 8.35. The van der Waals surface area contributed by atoms with Crippen LogP contribution in [0.4, 0.5) is 5.69 Å². The third-order valence-corrected chi connectivity index (χ3v) is 6.15. The van der Waals surface area contributed by atoms with Crippen molar-refractivity contribution in [3.8, 4) is 0 Å². The van der Waals surface area contributed by atoms with Gasteiger partial charge in [0.15, 0.2) is 0 Å². The molecule has 31 heavy (non-hydrogen) atoms. The molecule has 7 nitrogen and oxygen atoms in total. The van der Waals surface area contributed by atoms with Gasteiger partial charge in [0.05, 0.1) is 30.0 Å². The van der Waals surface area contributed by atoms with E-state index in [0.29, 0.717) is 18.9 Å². The largest absolute Gasteiger partial charge is 0.744 e. The molecule has 0 bridgehead atoms. The second kappa shape index (κ2) is 9.47. The second-order valence-electron chi connectivity index (χ2n) is 7.40. The quantitative estimate of drug-likeness (QED) is 0.422. The average molecular weight is 439 g/mol. The minimum absolute atomic E-state index is 0.258. The van der Waals surface area contributed by atoms with Crippen LogP contribution >= 0.6 is 0 Å². The standard InChI is InChI=1S/C23H25N3O4S/c27-31(28,29)22-10-8-21(9-11-22)25-24-17-20-7-6-19(16-18-4-2-1-3-5-18)23(20)26-12-14-30-15-13-26/h1-5,8-11,16-17,25H,6-7,12-15H2,(H,27,28,29)/p-1/b19-16-,24-17-. The van der Waals surface area contributed by atoms with Gasteiger partial charge in [-0.1, -0.05) is 30.3 Å². The van der Waals surface area contributed by atoms with Crippen LogP contribution in [-0.4, -0.2) is 50.4 Å². The summed E-state index contributed by atoms with van der Waals surface area (Å²) in [5.74, 6) is 0. The molecule has 4 rings (SSSR count).